The van der Waals surface area contributed by atoms with E-state index in [0.29, 0.717) is 29.2 Å². The number of fused-ring (bicyclic) bond motifs is 1. The molecule has 124 valence electrons. The van der Waals surface area contributed by atoms with E-state index in [1.165, 1.54) is 11.8 Å². The summed E-state index contributed by atoms with van der Waals surface area (Å²) < 4.78 is 22.4. The zero-order valence-corrected chi connectivity index (χ0v) is 14.0. The molecule has 4 rings (SSSR count). The summed E-state index contributed by atoms with van der Waals surface area (Å²) in [7, 11) is 0. The predicted molar refractivity (Wildman–Crippen MR) is 85.1 cm³/mol. The first-order valence-electron chi connectivity index (χ1n) is 7.47. The van der Waals surface area contributed by atoms with Crippen molar-refractivity contribution < 1.29 is 18.4 Å². The topological polar surface area (TPSA) is 83.4 Å². The Morgan fingerprint density at radius 1 is 1.17 bits per heavy atom. The molecule has 0 N–H and O–H groups in total. The van der Waals surface area contributed by atoms with Crippen molar-refractivity contribution in [3.8, 4) is 11.5 Å². The minimum Gasteiger partial charge on any atom is -0.485 e. The van der Waals surface area contributed by atoms with Crippen LogP contribution in [0.15, 0.2) is 38.4 Å². The molecular weight excluding hydrogens is 330 g/mol. The molecule has 1 aliphatic rings. The van der Waals surface area contributed by atoms with Gasteiger partial charge in [0.25, 0.3) is 11.1 Å². The average Bonchev–Trinajstić information content (AvgIpc) is 3.20. The van der Waals surface area contributed by atoms with Crippen molar-refractivity contribution in [1.82, 2.24) is 15.4 Å². The van der Waals surface area contributed by atoms with Gasteiger partial charge in [0.2, 0.25) is 6.10 Å². The molecule has 3 aromatic rings. The van der Waals surface area contributed by atoms with Crippen LogP contribution in [0.3, 0.4) is 0 Å². The summed E-state index contributed by atoms with van der Waals surface area (Å²) in [5.74, 6) is 3.28. The number of aromatic nitrogens is 3. The molecule has 0 spiro atoms. The first-order chi connectivity index (χ1) is 11.7. The second kappa shape index (κ2) is 6.20. The van der Waals surface area contributed by atoms with E-state index in [-0.39, 0.29) is 0 Å². The summed E-state index contributed by atoms with van der Waals surface area (Å²) in [4.78, 5) is 0. The Morgan fingerprint density at radius 2 is 2.00 bits per heavy atom. The molecule has 3 heterocycles. The zero-order valence-electron chi connectivity index (χ0n) is 13.2. The summed E-state index contributed by atoms with van der Waals surface area (Å²) in [5, 5.41) is 12.6. The third-order valence-electron chi connectivity index (χ3n) is 3.73. The monoisotopic (exact) mass is 345 g/mol. The number of nitrogens with zero attached hydrogens (tertiary/aromatic N) is 3. The molecule has 0 fully saturated rings. The summed E-state index contributed by atoms with van der Waals surface area (Å²) in [6.07, 6.45) is -0.402. The van der Waals surface area contributed by atoms with E-state index in [1.807, 2.05) is 38.1 Å². The van der Waals surface area contributed by atoms with Crippen LogP contribution < -0.4 is 9.47 Å². The van der Waals surface area contributed by atoms with Crippen LogP contribution in [-0.2, 0) is 5.75 Å². The standard InChI is InChI=1S/C16H15N3O4S/c1-9-11(10(2)23-19-9)8-24-16-18-17-15(22-16)14-7-20-12-5-3-4-6-13(12)21-14/h3-6,14H,7-8H2,1-2H3/t14-/m1/s1. The second-order valence-corrected chi connectivity index (χ2v) is 6.29. The molecule has 0 saturated heterocycles. The van der Waals surface area contributed by atoms with Crippen molar-refractivity contribution in [2.24, 2.45) is 0 Å². The lowest BCUT2D eigenvalue weighted by molar-refractivity contribution is 0.0686. The molecule has 1 aromatic carbocycles. The number of hydrogen-bond acceptors (Lipinski definition) is 8. The van der Waals surface area contributed by atoms with Crippen LogP contribution >= 0.6 is 11.8 Å². The quantitative estimate of drug-likeness (QED) is 0.665. The first-order valence-corrected chi connectivity index (χ1v) is 8.45. The van der Waals surface area contributed by atoms with Crippen LogP contribution in [0, 0.1) is 13.8 Å². The Bertz CT molecular complexity index is 841. The summed E-state index contributed by atoms with van der Waals surface area (Å²) in [6.45, 7) is 4.14. The van der Waals surface area contributed by atoms with E-state index < -0.39 is 6.10 Å². The average molecular weight is 345 g/mol. The van der Waals surface area contributed by atoms with Crippen molar-refractivity contribution in [3.63, 3.8) is 0 Å². The van der Waals surface area contributed by atoms with E-state index in [1.54, 1.807) is 0 Å². The minimum atomic E-state index is -0.402. The lowest BCUT2D eigenvalue weighted by Crippen LogP contribution is -2.21. The van der Waals surface area contributed by atoms with Crippen molar-refractivity contribution in [2.45, 2.75) is 30.9 Å². The molecule has 0 saturated carbocycles. The summed E-state index contributed by atoms with van der Waals surface area (Å²) >= 11 is 1.44. The van der Waals surface area contributed by atoms with Crippen molar-refractivity contribution in [3.05, 3.63) is 47.2 Å². The highest BCUT2D eigenvalue weighted by Crippen LogP contribution is 2.36. The molecule has 0 unspecified atom stereocenters. The number of rotatable bonds is 4. The number of para-hydroxylation sites is 2. The number of ether oxygens (including phenoxy) is 2. The SMILES string of the molecule is Cc1noc(C)c1CSc1nnc([C@H]2COc3ccccc3O2)o1. The highest BCUT2D eigenvalue weighted by molar-refractivity contribution is 7.98. The molecule has 0 radical (unpaired) electrons. The molecule has 24 heavy (non-hydrogen) atoms. The van der Waals surface area contributed by atoms with E-state index in [0.717, 1.165) is 22.8 Å². The summed E-state index contributed by atoms with van der Waals surface area (Å²) in [6, 6.07) is 7.51. The highest BCUT2D eigenvalue weighted by atomic mass is 32.2. The summed E-state index contributed by atoms with van der Waals surface area (Å²) in [5.41, 5.74) is 1.92. The van der Waals surface area contributed by atoms with Crippen LogP contribution in [0.5, 0.6) is 11.5 Å². The van der Waals surface area contributed by atoms with Gasteiger partial charge in [0.15, 0.2) is 11.5 Å². The molecular formula is C16H15N3O4S. The third kappa shape index (κ3) is 2.84. The van der Waals surface area contributed by atoms with Gasteiger partial charge in [0.05, 0.1) is 5.69 Å². The first kappa shape index (κ1) is 15.1. The predicted octanol–water partition coefficient (Wildman–Crippen LogP) is 3.48. The van der Waals surface area contributed by atoms with E-state index >= 15 is 0 Å². The maximum atomic E-state index is 5.86. The Labute approximate surface area is 142 Å². The maximum absolute atomic E-state index is 5.86. The van der Waals surface area contributed by atoms with Crippen LogP contribution in [0.1, 0.15) is 29.0 Å². The molecule has 1 atom stereocenters. The number of aryl methyl sites for hydroxylation is 2. The van der Waals surface area contributed by atoms with Crippen LogP contribution in [0.2, 0.25) is 0 Å². The van der Waals surface area contributed by atoms with Gasteiger partial charge in [0.1, 0.15) is 12.4 Å². The molecule has 1 aliphatic heterocycles. The largest absolute Gasteiger partial charge is 0.485 e. The van der Waals surface area contributed by atoms with Crippen LogP contribution in [-0.4, -0.2) is 22.0 Å². The Hall–Kier alpha value is -2.48. The van der Waals surface area contributed by atoms with Crippen LogP contribution in [0.4, 0.5) is 0 Å². The smallest absolute Gasteiger partial charge is 0.277 e. The number of benzene rings is 1. The Balaban J connectivity index is 1.44. The van der Waals surface area contributed by atoms with E-state index in [9.17, 15) is 0 Å². The normalized spacial score (nSPS) is 16.3. The van der Waals surface area contributed by atoms with Gasteiger partial charge in [-0.3, -0.25) is 0 Å². The van der Waals surface area contributed by atoms with Gasteiger partial charge in [-0.05, 0) is 26.0 Å². The molecule has 8 heteroatoms. The van der Waals surface area contributed by atoms with Crippen molar-refractivity contribution in [2.75, 3.05) is 6.61 Å². The lowest BCUT2D eigenvalue weighted by Gasteiger charge is -2.23. The minimum absolute atomic E-state index is 0.340. The maximum Gasteiger partial charge on any atom is 0.277 e. The van der Waals surface area contributed by atoms with Crippen LogP contribution in [0.25, 0.3) is 0 Å². The fourth-order valence-electron chi connectivity index (χ4n) is 2.39. The second-order valence-electron chi connectivity index (χ2n) is 5.36. The molecule has 0 aliphatic carbocycles. The third-order valence-corrected chi connectivity index (χ3v) is 4.57. The fraction of sp³-hybridized carbons (Fsp3) is 0.312. The molecule has 0 bridgehead atoms. The fourth-order valence-corrected chi connectivity index (χ4v) is 3.31. The lowest BCUT2D eigenvalue weighted by atomic mass is 10.2. The highest BCUT2D eigenvalue weighted by Gasteiger charge is 2.27. The van der Waals surface area contributed by atoms with Gasteiger partial charge in [-0.25, -0.2) is 0 Å². The van der Waals surface area contributed by atoms with Crippen molar-refractivity contribution in [1.29, 1.82) is 0 Å². The number of hydrogen-bond donors (Lipinski definition) is 0. The van der Waals surface area contributed by atoms with Gasteiger partial charge < -0.3 is 18.4 Å². The Morgan fingerprint density at radius 3 is 2.79 bits per heavy atom. The van der Waals surface area contributed by atoms with Gasteiger partial charge in [-0.15, -0.1) is 10.2 Å². The van der Waals surface area contributed by atoms with E-state index in [2.05, 4.69) is 15.4 Å². The van der Waals surface area contributed by atoms with E-state index in [4.69, 9.17) is 18.4 Å². The zero-order chi connectivity index (χ0) is 16.5. The molecule has 2 aromatic heterocycles. The van der Waals surface area contributed by atoms with Gasteiger partial charge >= 0.3 is 0 Å². The molecule has 0 amide bonds. The molecule has 7 nitrogen and oxygen atoms in total. The van der Waals surface area contributed by atoms with Gasteiger partial charge in [0, 0.05) is 11.3 Å². The van der Waals surface area contributed by atoms with Crippen molar-refractivity contribution >= 4 is 11.8 Å². The Kier molecular flexibility index (Phi) is 3.89. The van der Waals surface area contributed by atoms with Gasteiger partial charge in [-0.1, -0.05) is 29.1 Å². The van der Waals surface area contributed by atoms with Gasteiger partial charge in [-0.2, -0.15) is 0 Å². The number of thioether (sulfide) groups is 1.